The SMILES string of the molecule is O=C(NC(=O)C1CCC2CN1C(=O)N2OCc1ccccc1)NC1CCN(C(=O)O)CC1. The van der Waals surface area contributed by atoms with Crippen molar-refractivity contribution in [3.8, 4) is 0 Å². The van der Waals surface area contributed by atoms with Crippen LogP contribution < -0.4 is 10.6 Å². The third kappa shape index (κ3) is 4.77. The van der Waals surface area contributed by atoms with Crippen molar-refractivity contribution in [1.82, 2.24) is 25.5 Å². The second kappa shape index (κ2) is 9.43. The maximum Gasteiger partial charge on any atom is 0.407 e. The van der Waals surface area contributed by atoms with Gasteiger partial charge in [-0.05, 0) is 31.2 Å². The fourth-order valence-electron chi connectivity index (χ4n) is 4.42. The summed E-state index contributed by atoms with van der Waals surface area (Å²) in [4.78, 5) is 57.2. The molecule has 3 N–H and O–H groups in total. The average Bonchev–Trinajstić information content (AvgIpc) is 3.02. The summed E-state index contributed by atoms with van der Waals surface area (Å²) in [7, 11) is 0. The third-order valence-electron chi connectivity index (χ3n) is 6.18. The Hall–Kier alpha value is -3.34. The molecule has 2 bridgehead atoms. The molecule has 0 spiro atoms. The predicted molar refractivity (Wildman–Crippen MR) is 111 cm³/mol. The van der Waals surface area contributed by atoms with Crippen LogP contribution in [0.25, 0.3) is 0 Å². The largest absolute Gasteiger partial charge is 0.465 e. The minimum absolute atomic E-state index is 0.122. The maximum atomic E-state index is 12.8. The summed E-state index contributed by atoms with van der Waals surface area (Å²) in [5.41, 5.74) is 0.942. The topological polar surface area (TPSA) is 132 Å². The Morgan fingerprint density at radius 3 is 2.47 bits per heavy atom. The van der Waals surface area contributed by atoms with Crippen LogP contribution in [0.1, 0.15) is 31.2 Å². The van der Waals surface area contributed by atoms with E-state index in [4.69, 9.17) is 9.94 Å². The number of imide groups is 1. The quantitative estimate of drug-likeness (QED) is 0.627. The smallest absolute Gasteiger partial charge is 0.407 e. The second-order valence-corrected chi connectivity index (χ2v) is 8.27. The monoisotopic (exact) mass is 445 g/mol. The van der Waals surface area contributed by atoms with Gasteiger partial charge in [-0.2, -0.15) is 5.06 Å². The van der Waals surface area contributed by atoms with Crippen LogP contribution in [-0.2, 0) is 16.2 Å². The van der Waals surface area contributed by atoms with E-state index in [2.05, 4.69) is 10.6 Å². The van der Waals surface area contributed by atoms with Gasteiger partial charge in [-0.1, -0.05) is 30.3 Å². The van der Waals surface area contributed by atoms with Gasteiger partial charge in [0.25, 0.3) is 5.91 Å². The molecule has 11 heteroatoms. The van der Waals surface area contributed by atoms with E-state index in [0.29, 0.717) is 45.3 Å². The van der Waals surface area contributed by atoms with Crippen molar-refractivity contribution in [2.75, 3.05) is 19.6 Å². The van der Waals surface area contributed by atoms with Crippen molar-refractivity contribution in [3.63, 3.8) is 0 Å². The van der Waals surface area contributed by atoms with Gasteiger partial charge in [0.1, 0.15) is 12.6 Å². The first kappa shape index (κ1) is 21.9. The van der Waals surface area contributed by atoms with E-state index in [9.17, 15) is 19.2 Å². The summed E-state index contributed by atoms with van der Waals surface area (Å²) in [6.45, 7) is 1.30. The highest BCUT2D eigenvalue weighted by molar-refractivity contribution is 5.99. The fourth-order valence-corrected chi connectivity index (χ4v) is 4.42. The molecule has 0 saturated carbocycles. The van der Waals surface area contributed by atoms with Crippen molar-refractivity contribution in [3.05, 3.63) is 35.9 Å². The van der Waals surface area contributed by atoms with Crippen LogP contribution in [0.15, 0.2) is 30.3 Å². The summed E-state index contributed by atoms with van der Waals surface area (Å²) < 4.78 is 0. The molecule has 3 fully saturated rings. The molecule has 3 aliphatic heterocycles. The number of nitrogens with zero attached hydrogens (tertiary/aromatic N) is 3. The highest BCUT2D eigenvalue weighted by Gasteiger charge is 2.48. The number of hydrogen-bond donors (Lipinski definition) is 3. The molecule has 6 amide bonds. The number of likely N-dealkylation sites (tertiary alicyclic amines) is 1. The molecule has 4 rings (SSSR count). The Morgan fingerprint density at radius 2 is 1.78 bits per heavy atom. The number of hydrogen-bond acceptors (Lipinski definition) is 5. The fraction of sp³-hybridized carbons (Fsp3) is 0.524. The standard InChI is InChI=1S/C21H27N5O6/c27-18(23-19(28)22-15-8-10-24(11-9-15)21(30)31)17-7-6-16-12-25(17)20(29)26(16)32-13-14-4-2-1-3-5-14/h1-5,15-17H,6-13H2,(H,30,31)(H2,22,23,27,28). The number of nitrogens with one attached hydrogen (secondary N) is 2. The molecule has 0 aliphatic carbocycles. The van der Waals surface area contributed by atoms with Gasteiger partial charge in [0.05, 0.1) is 6.04 Å². The molecule has 32 heavy (non-hydrogen) atoms. The zero-order chi connectivity index (χ0) is 22.7. The molecule has 172 valence electrons. The molecular weight excluding hydrogens is 418 g/mol. The van der Waals surface area contributed by atoms with Crippen LogP contribution in [0, 0.1) is 0 Å². The zero-order valence-corrected chi connectivity index (χ0v) is 17.6. The number of urea groups is 2. The molecule has 3 aliphatic rings. The van der Waals surface area contributed by atoms with Crippen LogP contribution in [0.5, 0.6) is 0 Å². The second-order valence-electron chi connectivity index (χ2n) is 8.27. The summed E-state index contributed by atoms with van der Waals surface area (Å²) in [5.74, 6) is -0.526. The number of carbonyl (C=O) groups excluding carboxylic acids is 3. The highest BCUT2D eigenvalue weighted by Crippen LogP contribution is 2.30. The maximum absolute atomic E-state index is 12.8. The Labute approximate surface area is 185 Å². The Bertz CT molecular complexity index is 873. The number of piperidine rings is 2. The number of amides is 6. The first-order valence-electron chi connectivity index (χ1n) is 10.8. The zero-order valence-electron chi connectivity index (χ0n) is 17.6. The van der Waals surface area contributed by atoms with E-state index in [1.54, 1.807) is 0 Å². The first-order chi connectivity index (χ1) is 15.4. The number of hydroxylamine groups is 2. The van der Waals surface area contributed by atoms with Gasteiger partial charge in [-0.15, -0.1) is 0 Å². The molecule has 3 saturated heterocycles. The highest BCUT2D eigenvalue weighted by atomic mass is 16.7. The average molecular weight is 445 g/mol. The number of benzene rings is 1. The van der Waals surface area contributed by atoms with Gasteiger partial charge in [0.2, 0.25) is 0 Å². The van der Waals surface area contributed by atoms with Crippen LogP contribution >= 0.6 is 0 Å². The predicted octanol–water partition coefficient (Wildman–Crippen LogP) is 1.35. The summed E-state index contributed by atoms with van der Waals surface area (Å²) in [6, 6.07) is 7.46. The summed E-state index contributed by atoms with van der Waals surface area (Å²) in [6.07, 6.45) is 1.03. The van der Waals surface area contributed by atoms with Crippen molar-refractivity contribution in [1.29, 1.82) is 0 Å². The van der Waals surface area contributed by atoms with Crippen LogP contribution in [0.3, 0.4) is 0 Å². The lowest BCUT2D eigenvalue weighted by atomic mass is 10.0. The Kier molecular flexibility index (Phi) is 6.45. The van der Waals surface area contributed by atoms with Gasteiger partial charge in [-0.25, -0.2) is 14.4 Å². The van der Waals surface area contributed by atoms with E-state index in [1.807, 2.05) is 30.3 Å². The van der Waals surface area contributed by atoms with Crippen LogP contribution in [0.4, 0.5) is 14.4 Å². The minimum Gasteiger partial charge on any atom is -0.465 e. The molecule has 2 unspecified atom stereocenters. The van der Waals surface area contributed by atoms with Gasteiger partial charge < -0.3 is 20.2 Å². The van der Waals surface area contributed by atoms with Gasteiger partial charge in [0.15, 0.2) is 0 Å². The molecular formula is C21H27N5O6. The molecule has 1 aromatic carbocycles. The van der Waals surface area contributed by atoms with Crippen molar-refractivity contribution in [2.45, 2.75) is 50.4 Å². The molecule has 2 atom stereocenters. The molecule has 1 aromatic rings. The Balaban J connectivity index is 1.26. The lowest BCUT2D eigenvalue weighted by molar-refractivity contribution is -0.140. The van der Waals surface area contributed by atoms with E-state index in [1.165, 1.54) is 14.9 Å². The van der Waals surface area contributed by atoms with Crippen molar-refractivity contribution in [2.24, 2.45) is 0 Å². The van der Waals surface area contributed by atoms with Crippen LogP contribution in [-0.4, -0.2) is 81.8 Å². The number of rotatable bonds is 5. The van der Waals surface area contributed by atoms with Gasteiger partial charge in [0, 0.05) is 25.7 Å². The number of carboxylic acid groups (broad SMARTS) is 1. The lowest BCUT2D eigenvalue weighted by Gasteiger charge is -2.31. The van der Waals surface area contributed by atoms with E-state index in [-0.39, 0.29) is 24.7 Å². The van der Waals surface area contributed by atoms with Crippen LogP contribution in [0.2, 0.25) is 0 Å². The van der Waals surface area contributed by atoms with E-state index in [0.717, 1.165) is 5.56 Å². The molecule has 0 aromatic heterocycles. The van der Waals surface area contributed by atoms with Gasteiger partial charge >= 0.3 is 18.2 Å². The third-order valence-corrected chi connectivity index (χ3v) is 6.18. The lowest BCUT2D eigenvalue weighted by Crippen LogP contribution is -2.55. The summed E-state index contributed by atoms with van der Waals surface area (Å²) >= 11 is 0. The minimum atomic E-state index is -0.976. The van der Waals surface area contributed by atoms with Crippen molar-refractivity contribution >= 4 is 24.1 Å². The van der Waals surface area contributed by atoms with Crippen molar-refractivity contribution < 1.29 is 29.1 Å². The normalized spacial score (nSPS) is 23.2. The van der Waals surface area contributed by atoms with E-state index >= 15 is 0 Å². The molecule has 11 nitrogen and oxygen atoms in total. The number of carbonyl (C=O) groups is 4. The Morgan fingerprint density at radius 1 is 1.06 bits per heavy atom. The number of fused-ring (bicyclic) bond motifs is 2. The molecule has 0 radical (unpaired) electrons. The molecule has 3 heterocycles. The summed E-state index contributed by atoms with van der Waals surface area (Å²) in [5, 5.41) is 15.4. The first-order valence-corrected chi connectivity index (χ1v) is 10.8. The van der Waals surface area contributed by atoms with Gasteiger partial charge in [-0.3, -0.25) is 14.9 Å². The van der Waals surface area contributed by atoms with E-state index < -0.39 is 24.1 Å².